The number of hydrogen-bond acceptors (Lipinski definition) is 5. The molecule has 1 N–H and O–H groups in total. The van der Waals surface area contributed by atoms with Gasteiger partial charge in [0.1, 0.15) is 17.5 Å². The molecule has 1 atom stereocenters. The molecule has 3 heterocycles. The molecule has 1 saturated heterocycles. The first kappa shape index (κ1) is 17.8. The van der Waals surface area contributed by atoms with Crippen LogP contribution in [0.1, 0.15) is 68.9 Å². The largest absolute Gasteiger partial charge is 0.354 e. The van der Waals surface area contributed by atoms with Gasteiger partial charge >= 0.3 is 0 Å². The fourth-order valence-electron chi connectivity index (χ4n) is 4.39. The molecule has 1 saturated carbocycles. The molecule has 2 aliphatic rings. The molecule has 140 valence electrons. The van der Waals surface area contributed by atoms with Crippen LogP contribution in [-0.2, 0) is 0 Å². The Labute approximate surface area is 161 Å². The zero-order valence-electron chi connectivity index (χ0n) is 16.0. The summed E-state index contributed by atoms with van der Waals surface area (Å²) in [4.78, 5) is 11.7. The minimum absolute atomic E-state index is 0.534. The normalized spacial score (nSPS) is 20.4. The van der Waals surface area contributed by atoms with E-state index in [0.717, 1.165) is 18.2 Å². The molecule has 1 aliphatic heterocycles. The van der Waals surface area contributed by atoms with Crippen molar-refractivity contribution in [2.75, 3.05) is 16.8 Å². The third-order valence-corrected chi connectivity index (χ3v) is 5.90. The van der Waals surface area contributed by atoms with Crippen molar-refractivity contribution in [1.82, 2.24) is 9.97 Å². The molecular formula is C22H27N5. The fourth-order valence-corrected chi connectivity index (χ4v) is 4.39. The Kier molecular flexibility index (Phi) is 5.24. The summed E-state index contributed by atoms with van der Waals surface area (Å²) >= 11 is 0. The molecule has 4 rings (SSSR count). The second kappa shape index (κ2) is 7.96. The van der Waals surface area contributed by atoms with Crippen LogP contribution in [0.5, 0.6) is 0 Å². The van der Waals surface area contributed by atoms with Gasteiger partial charge in [0.15, 0.2) is 0 Å². The summed E-state index contributed by atoms with van der Waals surface area (Å²) in [6.45, 7) is 3.36. The van der Waals surface area contributed by atoms with Crippen LogP contribution < -0.4 is 10.2 Å². The predicted octanol–water partition coefficient (Wildman–Crippen LogP) is 5.13. The summed E-state index contributed by atoms with van der Waals surface area (Å²) in [5, 5.41) is 12.5. The minimum Gasteiger partial charge on any atom is -0.354 e. The third kappa shape index (κ3) is 4.05. The van der Waals surface area contributed by atoms with E-state index in [0.29, 0.717) is 23.3 Å². The lowest BCUT2D eigenvalue weighted by molar-refractivity contribution is 0.443. The second-order valence-electron chi connectivity index (χ2n) is 7.83. The number of aromatic nitrogens is 2. The molecule has 0 bridgehead atoms. The van der Waals surface area contributed by atoms with Crippen LogP contribution in [0.3, 0.4) is 0 Å². The van der Waals surface area contributed by atoms with Crippen molar-refractivity contribution < 1.29 is 0 Å². The summed E-state index contributed by atoms with van der Waals surface area (Å²) in [6.07, 6.45) is 10.6. The molecule has 5 nitrogen and oxygen atoms in total. The van der Waals surface area contributed by atoms with Crippen molar-refractivity contribution in [2.45, 2.75) is 63.8 Å². The van der Waals surface area contributed by atoms with Crippen molar-refractivity contribution in [2.24, 2.45) is 0 Å². The number of hydrogen-bond donors (Lipinski definition) is 1. The van der Waals surface area contributed by atoms with Gasteiger partial charge in [0.25, 0.3) is 0 Å². The highest BCUT2D eigenvalue weighted by molar-refractivity contribution is 5.59. The molecule has 1 aliphatic carbocycles. The minimum atomic E-state index is 0.534. The Morgan fingerprint density at radius 2 is 1.93 bits per heavy atom. The Balaban J connectivity index is 1.67. The highest BCUT2D eigenvalue weighted by atomic mass is 15.2. The first-order valence-electron chi connectivity index (χ1n) is 10.1. The lowest BCUT2D eigenvalue weighted by atomic mass is 9.84. The highest BCUT2D eigenvalue weighted by Crippen LogP contribution is 2.36. The predicted molar refractivity (Wildman–Crippen MR) is 108 cm³/mol. The molecule has 5 heteroatoms. The maximum Gasteiger partial charge on any atom is 0.134 e. The molecule has 0 spiro atoms. The topological polar surface area (TPSA) is 64.8 Å². The van der Waals surface area contributed by atoms with Crippen LogP contribution in [-0.4, -0.2) is 22.6 Å². The van der Waals surface area contributed by atoms with E-state index in [1.54, 1.807) is 18.3 Å². The maximum absolute atomic E-state index is 9.13. The Bertz CT molecular complexity index is 835. The molecule has 2 aromatic heterocycles. The molecule has 2 aromatic rings. The van der Waals surface area contributed by atoms with E-state index >= 15 is 0 Å². The van der Waals surface area contributed by atoms with Gasteiger partial charge in [-0.2, -0.15) is 5.26 Å². The van der Waals surface area contributed by atoms with E-state index in [1.807, 2.05) is 0 Å². The average molecular weight is 361 g/mol. The summed E-state index contributed by atoms with van der Waals surface area (Å²) in [5.41, 5.74) is 1.99. The average Bonchev–Trinajstić information content (AvgIpc) is 3.14. The van der Waals surface area contributed by atoms with E-state index < -0.39 is 0 Å². The maximum atomic E-state index is 9.13. The lowest BCUT2D eigenvalue weighted by Gasteiger charge is -2.27. The number of anilines is 3. The molecule has 0 aromatic carbocycles. The first-order chi connectivity index (χ1) is 13.2. The Hall–Kier alpha value is -2.61. The van der Waals surface area contributed by atoms with Crippen LogP contribution >= 0.6 is 0 Å². The summed E-state index contributed by atoms with van der Waals surface area (Å²) in [6, 6.07) is 10.7. The molecule has 1 unspecified atom stereocenters. The number of pyridine rings is 2. The van der Waals surface area contributed by atoms with Crippen molar-refractivity contribution in [3.05, 3.63) is 41.6 Å². The first-order valence-corrected chi connectivity index (χ1v) is 10.1. The summed E-state index contributed by atoms with van der Waals surface area (Å²) in [7, 11) is 0. The molecule has 0 amide bonds. The van der Waals surface area contributed by atoms with Crippen LogP contribution in [0.25, 0.3) is 0 Å². The molecule has 2 fully saturated rings. The van der Waals surface area contributed by atoms with Crippen molar-refractivity contribution in [3.63, 3.8) is 0 Å². The van der Waals surface area contributed by atoms with Gasteiger partial charge in [0.05, 0.1) is 11.6 Å². The van der Waals surface area contributed by atoms with Gasteiger partial charge in [0.2, 0.25) is 0 Å². The summed E-state index contributed by atoms with van der Waals surface area (Å²) in [5.74, 6) is 3.19. The van der Waals surface area contributed by atoms with Gasteiger partial charge in [-0.05, 0) is 68.4 Å². The van der Waals surface area contributed by atoms with Crippen molar-refractivity contribution >= 4 is 17.5 Å². The lowest BCUT2D eigenvalue weighted by Crippen LogP contribution is -2.27. The van der Waals surface area contributed by atoms with Gasteiger partial charge in [-0.1, -0.05) is 19.3 Å². The number of nitrogens with zero attached hydrogens (tertiary/aromatic N) is 4. The third-order valence-electron chi connectivity index (χ3n) is 5.90. The zero-order chi connectivity index (χ0) is 18.6. The van der Waals surface area contributed by atoms with Crippen molar-refractivity contribution in [3.8, 4) is 6.07 Å². The molecular weight excluding hydrogens is 334 g/mol. The van der Waals surface area contributed by atoms with Gasteiger partial charge in [0, 0.05) is 18.8 Å². The van der Waals surface area contributed by atoms with Gasteiger partial charge in [-0.15, -0.1) is 0 Å². The Morgan fingerprint density at radius 1 is 1.07 bits per heavy atom. The van der Waals surface area contributed by atoms with Crippen LogP contribution in [0, 0.1) is 11.3 Å². The molecule has 0 radical (unpaired) electrons. The smallest absolute Gasteiger partial charge is 0.134 e. The van der Waals surface area contributed by atoms with E-state index in [4.69, 9.17) is 10.2 Å². The van der Waals surface area contributed by atoms with E-state index in [9.17, 15) is 0 Å². The van der Waals surface area contributed by atoms with Gasteiger partial charge < -0.3 is 10.2 Å². The van der Waals surface area contributed by atoms with Gasteiger partial charge in [-0.3, -0.25) is 0 Å². The zero-order valence-corrected chi connectivity index (χ0v) is 16.0. The molecule has 27 heavy (non-hydrogen) atoms. The fraction of sp³-hybridized carbons (Fsp3) is 0.500. The SMILES string of the molecule is CC1CCCN1c1cc(C2CCCCC2)cc(Nc2cc(C#N)ccn2)n1. The van der Waals surface area contributed by atoms with Crippen LogP contribution in [0.4, 0.5) is 17.5 Å². The summed E-state index contributed by atoms with van der Waals surface area (Å²) < 4.78 is 0. The van der Waals surface area contributed by atoms with E-state index in [1.165, 1.54) is 50.5 Å². The van der Waals surface area contributed by atoms with E-state index in [2.05, 4.69) is 40.3 Å². The van der Waals surface area contributed by atoms with Gasteiger partial charge in [-0.25, -0.2) is 9.97 Å². The quantitative estimate of drug-likeness (QED) is 0.818. The number of nitrogens with one attached hydrogen (secondary N) is 1. The number of nitriles is 1. The second-order valence-corrected chi connectivity index (χ2v) is 7.83. The van der Waals surface area contributed by atoms with Crippen LogP contribution in [0.15, 0.2) is 30.5 Å². The monoisotopic (exact) mass is 361 g/mol. The van der Waals surface area contributed by atoms with Crippen LogP contribution in [0.2, 0.25) is 0 Å². The number of rotatable bonds is 4. The standard InChI is InChI=1S/C22H27N5/c1-16-6-5-11-27(16)22-14-19(18-7-3-2-4-8-18)13-21(26-22)25-20-12-17(15-23)9-10-24-20/h9-10,12-14,16,18H,2-8,11H2,1H3,(H,24,25,26). The highest BCUT2D eigenvalue weighted by Gasteiger charge is 2.24. The Morgan fingerprint density at radius 3 is 2.67 bits per heavy atom. The van der Waals surface area contributed by atoms with Crippen molar-refractivity contribution in [1.29, 1.82) is 5.26 Å². The van der Waals surface area contributed by atoms with E-state index in [-0.39, 0.29) is 0 Å².